The first kappa shape index (κ1) is 19.7. The van der Waals surface area contributed by atoms with Crippen LogP contribution in [0, 0.1) is 0 Å². The number of ether oxygens (including phenoxy) is 1. The summed E-state index contributed by atoms with van der Waals surface area (Å²) in [4.78, 5) is 24.2. The molecule has 152 valence electrons. The van der Waals surface area contributed by atoms with Crippen molar-refractivity contribution in [3.63, 3.8) is 0 Å². The van der Waals surface area contributed by atoms with Gasteiger partial charge in [0.15, 0.2) is 0 Å². The third kappa shape index (κ3) is 3.92. The zero-order valence-electron chi connectivity index (χ0n) is 16.6. The van der Waals surface area contributed by atoms with Gasteiger partial charge in [-0.3, -0.25) is 0 Å². The summed E-state index contributed by atoms with van der Waals surface area (Å²) < 4.78 is 5.65. The minimum Gasteiger partial charge on any atom is -0.480 e. The van der Waals surface area contributed by atoms with E-state index in [0.717, 1.165) is 27.8 Å². The zero-order chi connectivity index (χ0) is 21.1. The standard InChI is InChI=1S/C25H23NO4/c1-16(23-20-13-7-5-11-18(20)19-12-6-8-14-21(19)23)30-25(29)26-22(24(27)28)15-17-9-3-2-4-10-17/h2-14,16,22-23H,15H2,1H3,(H,26,29)(H,27,28)/t16?,22-/m0/s1/i26+1. The molecule has 0 fully saturated rings. The normalized spacial score (nSPS) is 14.3. The average molecular weight is 402 g/mol. The van der Waals surface area contributed by atoms with Gasteiger partial charge in [0, 0.05) is 12.3 Å². The molecule has 4 rings (SSSR count). The Hall–Kier alpha value is -3.60. The Balaban J connectivity index is 1.49. The number of rotatable bonds is 6. The van der Waals surface area contributed by atoms with Crippen LogP contribution < -0.4 is 5.32 Å². The number of carboxylic acid groups (broad SMARTS) is 1. The minimum absolute atomic E-state index is 0.0967. The number of alkyl carbamates (subject to hydrolysis) is 1. The zero-order valence-corrected chi connectivity index (χ0v) is 16.6. The highest BCUT2D eigenvalue weighted by Gasteiger charge is 2.34. The topological polar surface area (TPSA) is 75.6 Å². The number of hydrogen-bond donors (Lipinski definition) is 2. The summed E-state index contributed by atoms with van der Waals surface area (Å²) in [6.07, 6.45) is -0.997. The lowest BCUT2D eigenvalue weighted by molar-refractivity contribution is -0.139. The molecule has 0 aliphatic heterocycles. The molecule has 30 heavy (non-hydrogen) atoms. The van der Waals surface area contributed by atoms with Crippen LogP contribution in [0.3, 0.4) is 0 Å². The number of carbonyl (C=O) groups excluding carboxylic acids is 1. The van der Waals surface area contributed by atoms with E-state index in [2.05, 4.69) is 17.4 Å². The Labute approximate surface area is 175 Å². The summed E-state index contributed by atoms with van der Waals surface area (Å²) in [5.41, 5.74) is 5.33. The molecular weight excluding hydrogens is 379 g/mol. The van der Waals surface area contributed by atoms with Crippen molar-refractivity contribution < 1.29 is 19.4 Å². The maximum Gasteiger partial charge on any atom is 0.408 e. The van der Waals surface area contributed by atoms with Gasteiger partial charge in [0.05, 0.1) is 0 Å². The van der Waals surface area contributed by atoms with E-state index < -0.39 is 24.2 Å². The molecule has 0 radical (unpaired) electrons. The number of aliphatic carboxylic acids is 1. The number of carbonyl (C=O) groups is 2. The minimum atomic E-state index is -1.10. The van der Waals surface area contributed by atoms with Crippen molar-refractivity contribution in [2.45, 2.75) is 31.4 Å². The van der Waals surface area contributed by atoms with Crippen LogP contribution in [-0.2, 0) is 16.0 Å². The summed E-state index contributed by atoms with van der Waals surface area (Å²) in [7, 11) is 0. The van der Waals surface area contributed by atoms with Gasteiger partial charge in [-0.2, -0.15) is 0 Å². The SMILES string of the molecule is CC(OC(=O)[15NH][C@@H](Cc1ccccc1)C(=O)O)C1c2ccccc2-c2ccccc21. The van der Waals surface area contributed by atoms with Crippen molar-refractivity contribution in [1.29, 1.82) is 0 Å². The van der Waals surface area contributed by atoms with E-state index in [4.69, 9.17) is 4.74 Å². The predicted molar refractivity (Wildman–Crippen MR) is 114 cm³/mol. The molecule has 2 atom stereocenters. The monoisotopic (exact) mass is 402 g/mol. The molecule has 0 saturated carbocycles. The van der Waals surface area contributed by atoms with Crippen molar-refractivity contribution in [3.8, 4) is 11.1 Å². The summed E-state index contributed by atoms with van der Waals surface area (Å²) in [5, 5.41) is 12.0. The lowest BCUT2D eigenvalue weighted by atomic mass is 9.92. The fourth-order valence-corrected chi connectivity index (χ4v) is 4.16. The molecule has 0 spiro atoms. The molecule has 1 amide bonds. The number of carboxylic acids is 1. The second kappa shape index (κ2) is 8.41. The van der Waals surface area contributed by atoms with Crippen molar-refractivity contribution >= 4 is 12.1 Å². The van der Waals surface area contributed by atoms with Crippen LogP contribution in [-0.4, -0.2) is 29.3 Å². The van der Waals surface area contributed by atoms with Gasteiger partial charge < -0.3 is 15.2 Å². The van der Waals surface area contributed by atoms with E-state index in [9.17, 15) is 14.7 Å². The van der Waals surface area contributed by atoms with Gasteiger partial charge in [0.1, 0.15) is 12.1 Å². The molecule has 3 aromatic rings. The van der Waals surface area contributed by atoms with Gasteiger partial charge in [-0.25, -0.2) is 9.59 Å². The molecule has 0 bridgehead atoms. The first-order valence-corrected chi connectivity index (χ1v) is 9.96. The number of benzene rings is 3. The Kier molecular flexibility index (Phi) is 5.53. The van der Waals surface area contributed by atoms with E-state index in [1.165, 1.54) is 0 Å². The molecule has 0 saturated heterocycles. The quantitative estimate of drug-likeness (QED) is 0.591. The number of amides is 1. The Morgan fingerprint density at radius 1 is 0.900 bits per heavy atom. The van der Waals surface area contributed by atoms with Gasteiger partial charge in [-0.1, -0.05) is 78.9 Å². The van der Waals surface area contributed by atoms with Crippen LogP contribution in [0.4, 0.5) is 4.79 Å². The van der Waals surface area contributed by atoms with Crippen LogP contribution in [0.15, 0.2) is 78.9 Å². The van der Waals surface area contributed by atoms with Gasteiger partial charge in [0.2, 0.25) is 0 Å². The third-order valence-corrected chi connectivity index (χ3v) is 5.52. The molecule has 0 heterocycles. The second-order valence-corrected chi connectivity index (χ2v) is 7.49. The smallest absolute Gasteiger partial charge is 0.408 e. The van der Waals surface area contributed by atoms with Crippen LogP contribution >= 0.6 is 0 Å². The van der Waals surface area contributed by atoms with E-state index >= 15 is 0 Å². The van der Waals surface area contributed by atoms with E-state index in [0.29, 0.717) is 0 Å². The highest BCUT2D eigenvalue weighted by molar-refractivity contribution is 5.81. The molecule has 1 aliphatic carbocycles. The van der Waals surface area contributed by atoms with E-state index in [1.807, 2.05) is 73.7 Å². The second-order valence-electron chi connectivity index (χ2n) is 7.49. The molecular formula is C25H23NO4. The highest BCUT2D eigenvalue weighted by atomic mass is 16.6. The molecule has 5 heteroatoms. The molecule has 1 aliphatic rings. The maximum atomic E-state index is 12.5. The van der Waals surface area contributed by atoms with Crippen LogP contribution in [0.2, 0.25) is 0 Å². The van der Waals surface area contributed by atoms with Crippen LogP contribution in [0.1, 0.15) is 29.5 Å². The summed E-state index contributed by atoms with van der Waals surface area (Å²) >= 11 is 0. The fraction of sp³-hybridized carbons (Fsp3) is 0.200. The van der Waals surface area contributed by atoms with Gasteiger partial charge in [0.25, 0.3) is 0 Å². The lowest BCUT2D eigenvalue weighted by Crippen LogP contribution is -2.43. The number of nitrogens with one attached hydrogen (secondary N) is 1. The van der Waals surface area contributed by atoms with E-state index in [1.54, 1.807) is 0 Å². The van der Waals surface area contributed by atoms with Crippen molar-refractivity contribution in [2.24, 2.45) is 0 Å². The Morgan fingerprint density at radius 2 is 1.43 bits per heavy atom. The molecule has 2 N–H and O–H groups in total. The largest absolute Gasteiger partial charge is 0.480 e. The molecule has 5 nitrogen and oxygen atoms in total. The van der Waals surface area contributed by atoms with Crippen LogP contribution in [0.5, 0.6) is 0 Å². The Bertz CT molecular complexity index is 1020. The van der Waals surface area contributed by atoms with Crippen molar-refractivity contribution in [1.82, 2.24) is 5.32 Å². The highest BCUT2D eigenvalue weighted by Crippen LogP contribution is 2.46. The summed E-state index contributed by atoms with van der Waals surface area (Å²) in [5.74, 6) is -1.19. The summed E-state index contributed by atoms with van der Waals surface area (Å²) in [6, 6.07) is 24.3. The molecule has 1 unspecified atom stereocenters. The first-order valence-electron chi connectivity index (χ1n) is 9.96. The number of fused-ring (bicyclic) bond motifs is 3. The predicted octanol–water partition coefficient (Wildman–Crippen LogP) is 4.61. The van der Waals surface area contributed by atoms with E-state index in [-0.39, 0.29) is 12.3 Å². The third-order valence-electron chi connectivity index (χ3n) is 5.52. The first-order chi connectivity index (χ1) is 14.5. The average Bonchev–Trinajstić information content (AvgIpc) is 3.08. The lowest BCUT2D eigenvalue weighted by Gasteiger charge is -2.23. The van der Waals surface area contributed by atoms with Crippen LogP contribution in [0.25, 0.3) is 11.1 Å². The van der Waals surface area contributed by atoms with Crippen molar-refractivity contribution in [2.75, 3.05) is 0 Å². The van der Waals surface area contributed by atoms with Crippen molar-refractivity contribution in [3.05, 3.63) is 95.6 Å². The van der Waals surface area contributed by atoms with Gasteiger partial charge in [-0.15, -0.1) is 0 Å². The maximum absolute atomic E-state index is 12.5. The van der Waals surface area contributed by atoms with Gasteiger partial charge in [-0.05, 0) is 34.7 Å². The van der Waals surface area contributed by atoms with Gasteiger partial charge >= 0.3 is 12.1 Å². The Morgan fingerprint density at radius 3 is 2.00 bits per heavy atom. The molecule has 0 aromatic heterocycles. The molecule has 3 aromatic carbocycles. The fourth-order valence-electron chi connectivity index (χ4n) is 4.16. The summed E-state index contributed by atoms with van der Waals surface area (Å²) in [6.45, 7) is 1.84. The number of hydrogen-bond acceptors (Lipinski definition) is 3.